The van der Waals surface area contributed by atoms with Gasteiger partial charge in [-0.05, 0) is 18.4 Å². The molecule has 1 aromatic rings. The van der Waals surface area contributed by atoms with Crippen LogP contribution in [-0.2, 0) is 0 Å². The standard InChI is InChI=1S/C11H15NO/c12-8-11(6-7-11)10(13)9-4-2-1-3-5-9/h1-5,10,13H,6-8,12H2/t10-/m1/s1. The van der Waals surface area contributed by atoms with E-state index in [1.165, 1.54) is 0 Å². The second-order valence-corrected chi connectivity index (χ2v) is 3.88. The first-order valence-corrected chi connectivity index (χ1v) is 4.72. The van der Waals surface area contributed by atoms with Crippen LogP contribution in [0.4, 0.5) is 0 Å². The van der Waals surface area contributed by atoms with Crippen molar-refractivity contribution in [1.82, 2.24) is 0 Å². The van der Waals surface area contributed by atoms with Crippen LogP contribution < -0.4 is 5.73 Å². The van der Waals surface area contributed by atoms with Crippen molar-refractivity contribution in [3.63, 3.8) is 0 Å². The Bertz CT molecular complexity index is 279. The van der Waals surface area contributed by atoms with E-state index in [2.05, 4.69) is 0 Å². The zero-order valence-electron chi connectivity index (χ0n) is 7.61. The summed E-state index contributed by atoms with van der Waals surface area (Å²) < 4.78 is 0. The van der Waals surface area contributed by atoms with E-state index in [-0.39, 0.29) is 11.5 Å². The van der Waals surface area contributed by atoms with E-state index in [0.29, 0.717) is 6.54 Å². The Kier molecular flexibility index (Phi) is 2.10. The Labute approximate surface area is 78.4 Å². The van der Waals surface area contributed by atoms with Gasteiger partial charge in [-0.2, -0.15) is 0 Å². The lowest BCUT2D eigenvalue weighted by molar-refractivity contribution is 0.0975. The van der Waals surface area contributed by atoms with E-state index >= 15 is 0 Å². The number of aliphatic hydroxyl groups is 1. The summed E-state index contributed by atoms with van der Waals surface area (Å²) in [5.41, 5.74) is 6.63. The van der Waals surface area contributed by atoms with Crippen LogP contribution in [0.1, 0.15) is 24.5 Å². The van der Waals surface area contributed by atoms with Crippen molar-refractivity contribution >= 4 is 0 Å². The molecule has 0 saturated heterocycles. The molecule has 70 valence electrons. The molecule has 0 amide bonds. The average molecular weight is 177 g/mol. The average Bonchev–Trinajstić information content (AvgIpc) is 2.99. The van der Waals surface area contributed by atoms with Gasteiger partial charge in [0, 0.05) is 12.0 Å². The Morgan fingerprint density at radius 3 is 2.38 bits per heavy atom. The Morgan fingerprint density at radius 1 is 1.31 bits per heavy atom. The molecule has 1 aliphatic carbocycles. The molecule has 0 heterocycles. The van der Waals surface area contributed by atoms with Crippen molar-refractivity contribution in [2.75, 3.05) is 6.54 Å². The number of aliphatic hydroxyl groups excluding tert-OH is 1. The zero-order valence-corrected chi connectivity index (χ0v) is 7.61. The molecule has 2 nitrogen and oxygen atoms in total. The minimum absolute atomic E-state index is 0.0125. The predicted molar refractivity (Wildman–Crippen MR) is 52.1 cm³/mol. The monoisotopic (exact) mass is 177 g/mol. The summed E-state index contributed by atoms with van der Waals surface area (Å²) in [4.78, 5) is 0. The normalized spacial score (nSPS) is 21.1. The van der Waals surface area contributed by atoms with Crippen molar-refractivity contribution in [2.24, 2.45) is 11.1 Å². The van der Waals surface area contributed by atoms with Crippen LogP contribution in [0, 0.1) is 5.41 Å². The molecule has 2 heteroatoms. The van der Waals surface area contributed by atoms with Gasteiger partial charge in [0.1, 0.15) is 0 Å². The molecule has 0 spiro atoms. The van der Waals surface area contributed by atoms with Gasteiger partial charge in [-0.15, -0.1) is 0 Å². The number of benzene rings is 1. The van der Waals surface area contributed by atoms with E-state index in [1.807, 2.05) is 30.3 Å². The molecule has 2 rings (SSSR count). The maximum atomic E-state index is 10.0. The summed E-state index contributed by atoms with van der Waals surface area (Å²) in [5, 5.41) is 10.0. The molecule has 1 fully saturated rings. The summed E-state index contributed by atoms with van der Waals surface area (Å²) in [5.74, 6) is 0. The maximum absolute atomic E-state index is 10.0. The number of hydrogen-bond acceptors (Lipinski definition) is 2. The molecule has 0 aliphatic heterocycles. The minimum Gasteiger partial charge on any atom is -0.388 e. The zero-order chi connectivity index (χ0) is 9.31. The van der Waals surface area contributed by atoms with E-state index in [0.717, 1.165) is 18.4 Å². The molecule has 1 aliphatic rings. The van der Waals surface area contributed by atoms with Crippen LogP contribution in [0.3, 0.4) is 0 Å². The lowest BCUT2D eigenvalue weighted by Crippen LogP contribution is -2.23. The fraction of sp³-hybridized carbons (Fsp3) is 0.455. The molecule has 1 aromatic carbocycles. The summed E-state index contributed by atoms with van der Waals surface area (Å²) in [6, 6.07) is 9.77. The smallest absolute Gasteiger partial charge is 0.0858 e. The first-order valence-electron chi connectivity index (χ1n) is 4.72. The first-order chi connectivity index (χ1) is 6.28. The third-order valence-corrected chi connectivity index (χ3v) is 2.99. The van der Waals surface area contributed by atoms with Crippen molar-refractivity contribution in [3.05, 3.63) is 35.9 Å². The van der Waals surface area contributed by atoms with Gasteiger partial charge in [0.2, 0.25) is 0 Å². The summed E-state index contributed by atoms with van der Waals surface area (Å²) in [7, 11) is 0. The van der Waals surface area contributed by atoms with Gasteiger partial charge in [-0.1, -0.05) is 30.3 Å². The molecular weight excluding hydrogens is 162 g/mol. The van der Waals surface area contributed by atoms with Crippen molar-refractivity contribution in [1.29, 1.82) is 0 Å². The van der Waals surface area contributed by atoms with E-state index in [1.54, 1.807) is 0 Å². The highest BCUT2D eigenvalue weighted by Crippen LogP contribution is 2.53. The van der Waals surface area contributed by atoms with Gasteiger partial charge in [-0.25, -0.2) is 0 Å². The molecule has 0 unspecified atom stereocenters. The quantitative estimate of drug-likeness (QED) is 0.734. The lowest BCUT2D eigenvalue weighted by Gasteiger charge is -2.20. The van der Waals surface area contributed by atoms with Crippen LogP contribution in [0.2, 0.25) is 0 Å². The molecule has 0 bridgehead atoms. The molecule has 13 heavy (non-hydrogen) atoms. The summed E-state index contributed by atoms with van der Waals surface area (Å²) in [6.07, 6.45) is 1.73. The third-order valence-electron chi connectivity index (χ3n) is 2.99. The molecular formula is C11H15NO. The van der Waals surface area contributed by atoms with Gasteiger partial charge in [0.15, 0.2) is 0 Å². The number of rotatable bonds is 3. The second-order valence-electron chi connectivity index (χ2n) is 3.88. The Hall–Kier alpha value is -0.860. The van der Waals surface area contributed by atoms with E-state index in [9.17, 15) is 5.11 Å². The maximum Gasteiger partial charge on any atom is 0.0858 e. The summed E-state index contributed by atoms with van der Waals surface area (Å²) in [6.45, 7) is 0.586. The minimum atomic E-state index is -0.376. The topological polar surface area (TPSA) is 46.2 Å². The largest absolute Gasteiger partial charge is 0.388 e. The van der Waals surface area contributed by atoms with Gasteiger partial charge < -0.3 is 10.8 Å². The van der Waals surface area contributed by atoms with Crippen LogP contribution >= 0.6 is 0 Å². The van der Waals surface area contributed by atoms with Gasteiger partial charge in [0.05, 0.1) is 6.10 Å². The van der Waals surface area contributed by atoms with Crippen LogP contribution in [0.5, 0.6) is 0 Å². The SMILES string of the molecule is NCC1([C@H](O)c2ccccc2)CC1. The van der Waals surface area contributed by atoms with E-state index < -0.39 is 0 Å². The molecule has 3 N–H and O–H groups in total. The lowest BCUT2D eigenvalue weighted by atomic mass is 9.93. The molecule has 1 saturated carbocycles. The van der Waals surface area contributed by atoms with Gasteiger partial charge >= 0.3 is 0 Å². The highest BCUT2D eigenvalue weighted by molar-refractivity contribution is 5.22. The molecule has 0 aromatic heterocycles. The summed E-state index contributed by atoms with van der Waals surface area (Å²) >= 11 is 0. The molecule has 1 atom stereocenters. The van der Waals surface area contributed by atoms with Crippen molar-refractivity contribution in [2.45, 2.75) is 18.9 Å². The number of hydrogen-bond donors (Lipinski definition) is 2. The van der Waals surface area contributed by atoms with Gasteiger partial charge in [-0.3, -0.25) is 0 Å². The Balaban J connectivity index is 2.18. The second kappa shape index (κ2) is 3.13. The van der Waals surface area contributed by atoms with Crippen molar-refractivity contribution in [3.8, 4) is 0 Å². The highest BCUT2D eigenvalue weighted by Gasteiger charge is 2.48. The number of nitrogens with two attached hydrogens (primary N) is 1. The Morgan fingerprint density at radius 2 is 1.92 bits per heavy atom. The predicted octanol–water partition coefficient (Wildman–Crippen LogP) is 1.46. The third kappa shape index (κ3) is 1.47. The van der Waals surface area contributed by atoms with Crippen LogP contribution in [-0.4, -0.2) is 11.7 Å². The van der Waals surface area contributed by atoms with Crippen molar-refractivity contribution < 1.29 is 5.11 Å². The van der Waals surface area contributed by atoms with Crippen LogP contribution in [0.25, 0.3) is 0 Å². The fourth-order valence-electron chi connectivity index (χ4n) is 1.74. The van der Waals surface area contributed by atoms with E-state index in [4.69, 9.17) is 5.73 Å². The molecule has 0 radical (unpaired) electrons. The van der Waals surface area contributed by atoms with Crippen LogP contribution in [0.15, 0.2) is 30.3 Å². The highest BCUT2D eigenvalue weighted by atomic mass is 16.3. The first kappa shape index (κ1) is 8.73. The van der Waals surface area contributed by atoms with Gasteiger partial charge in [0.25, 0.3) is 0 Å². The fourth-order valence-corrected chi connectivity index (χ4v) is 1.74.